The lowest BCUT2D eigenvalue weighted by Gasteiger charge is -2.34. The summed E-state index contributed by atoms with van der Waals surface area (Å²) in [6, 6.07) is 0. The summed E-state index contributed by atoms with van der Waals surface area (Å²) in [4.78, 5) is 76.3. The van der Waals surface area contributed by atoms with Gasteiger partial charge in [0.1, 0.15) is 42.7 Å². The fourth-order valence-corrected chi connectivity index (χ4v) is 2.78. The number of rotatable bonds is 22. The molecule has 0 aliphatic heterocycles. The molecule has 0 aromatic heterocycles. The number of hydrogen-bond acceptors (Lipinski definition) is 20. The Bertz CT molecular complexity index is 699. The second-order valence-electron chi connectivity index (χ2n) is 8.96. The SMILES string of the molecule is CC(CON)(CON)C(=O)OCC(COC(=O)CON)(COC(=O)CON)COC(=O)C(C)(CON)CON. The summed E-state index contributed by atoms with van der Waals surface area (Å²) in [5.41, 5.74) is -4.69. The van der Waals surface area contributed by atoms with Crippen molar-refractivity contribution in [3.8, 4) is 0 Å². The average Bonchev–Trinajstić information content (AvgIpc) is 2.88. The minimum atomic E-state index is -1.71. The van der Waals surface area contributed by atoms with E-state index in [0.717, 1.165) is 0 Å². The van der Waals surface area contributed by atoms with Gasteiger partial charge in [-0.25, -0.2) is 45.0 Å². The maximum atomic E-state index is 12.9. The van der Waals surface area contributed by atoms with Gasteiger partial charge in [-0.1, -0.05) is 0 Å². The summed E-state index contributed by atoms with van der Waals surface area (Å²) in [6.45, 7) is -2.63. The van der Waals surface area contributed by atoms with Crippen molar-refractivity contribution in [1.29, 1.82) is 0 Å². The maximum Gasteiger partial charge on any atom is 0.334 e. The Labute approximate surface area is 223 Å². The van der Waals surface area contributed by atoms with Crippen LogP contribution in [0.1, 0.15) is 13.8 Å². The number of nitrogens with two attached hydrogens (primary N) is 6. The summed E-state index contributed by atoms with van der Waals surface area (Å²) in [5.74, 6) is 26.4. The highest BCUT2D eigenvalue weighted by atomic mass is 16.7. The van der Waals surface area contributed by atoms with Gasteiger partial charge in [0.25, 0.3) is 0 Å². The van der Waals surface area contributed by atoms with Gasteiger partial charge in [0.05, 0.1) is 26.4 Å². The van der Waals surface area contributed by atoms with Crippen LogP contribution in [0.5, 0.6) is 0 Å². The topological polar surface area (TPSA) is 317 Å². The standard InChI is InChI=1S/C19H38N6O14/c1-17(5-36-22,6-37-23)15(28)32-11-19(9-30-13(26)3-34-20,10-31-14(27)4-35-21)12-33-16(29)18(2,7-38-24)8-39-25/h3-12,20-25H2,1-2H3. The van der Waals surface area contributed by atoms with Gasteiger partial charge in [0.15, 0.2) is 13.2 Å². The third-order valence-corrected chi connectivity index (χ3v) is 5.09. The molecule has 20 heteroatoms. The van der Waals surface area contributed by atoms with Crippen LogP contribution in [0.3, 0.4) is 0 Å². The summed E-state index contributed by atoms with van der Waals surface area (Å²) in [5, 5.41) is 0. The van der Waals surface area contributed by atoms with Crippen LogP contribution in [0, 0.1) is 16.2 Å². The molecule has 0 spiro atoms. The predicted octanol–water partition coefficient (Wildman–Crippen LogP) is -4.50. The van der Waals surface area contributed by atoms with Crippen molar-refractivity contribution in [3.63, 3.8) is 0 Å². The van der Waals surface area contributed by atoms with E-state index in [1.165, 1.54) is 13.8 Å². The average molecular weight is 575 g/mol. The molecule has 0 aliphatic rings. The van der Waals surface area contributed by atoms with E-state index in [2.05, 4.69) is 29.0 Å². The quantitative estimate of drug-likeness (QED) is 0.0403. The smallest absolute Gasteiger partial charge is 0.334 e. The highest BCUT2D eigenvalue weighted by molar-refractivity contribution is 5.77. The summed E-state index contributed by atoms with van der Waals surface area (Å²) < 4.78 is 21.0. The van der Waals surface area contributed by atoms with Gasteiger partial charge < -0.3 is 38.3 Å². The molecule has 0 fully saturated rings. The van der Waals surface area contributed by atoms with E-state index >= 15 is 0 Å². The first-order chi connectivity index (χ1) is 18.4. The van der Waals surface area contributed by atoms with Gasteiger partial charge in [0, 0.05) is 0 Å². The zero-order valence-corrected chi connectivity index (χ0v) is 21.8. The number of hydrogen-bond donors (Lipinski definition) is 6. The molecule has 0 bridgehead atoms. The number of carbonyl (C=O) groups is 4. The van der Waals surface area contributed by atoms with Crippen LogP contribution in [-0.4, -0.2) is 89.9 Å². The lowest BCUT2D eigenvalue weighted by molar-refractivity contribution is -0.185. The van der Waals surface area contributed by atoms with Crippen molar-refractivity contribution >= 4 is 23.9 Å². The number of esters is 4. The zero-order chi connectivity index (χ0) is 30.0. The Hall–Kier alpha value is -2.60. The molecule has 0 aromatic carbocycles. The van der Waals surface area contributed by atoms with Crippen LogP contribution in [0.4, 0.5) is 0 Å². The van der Waals surface area contributed by atoms with Crippen LogP contribution in [0.15, 0.2) is 0 Å². The lowest BCUT2D eigenvalue weighted by atomic mass is 9.90. The predicted molar refractivity (Wildman–Crippen MR) is 123 cm³/mol. The lowest BCUT2D eigenvalue weighted by Crippen LogP contribution is -2.48. The molecular formula is C19H38N6O14. The second kappa shape index (κ2) is 18.6. The van der Waals surface area contributed by atoms with Crippen LogP contribution >= 0.6 is 0 Å². The molecule has 39 heavy (non-hydrogen) atoms. The van der Waals surface area contributed by atoms with Crippen LogP contribution in [0.2, 0.25) is 0 Å². The third kappa shape index (κ3) is 12.9. The maximum absolute atomic E-state index is 12.9. The molecule has 0 aliphatic carbocycles. The molecule has 20 nitrogen and oxygen atoms in total. The van der Waals surface area contributed by atoms with E-state index in [1.54, 1.807) is 0 Å². The first-order valence-electron chi connectivity index (χ1n) is 11.0. The molecule has 228 valence electrons. The highest BCUT2D eigenvalue weighted by Gasteiger charge is 2.44. The Morgan fingerprint density at radius 2 is 0.744 bits per heavy atom. The van der Waals surface area contributed by atoms with Crippen LogP contribution in [-0.2, 0) is 67.2 Å². The van der Waals surface area contributed by atoms with E-state index in [1.807, 2.05) is 0 Å². The Morgan fingerprint density at radius 1 is 0.462 bits per heavy atom. The normalized spacial score (nSPS) is 12.1. The Morgan fingerprint density at radius 3 is 1.00 bits per heavy atom. The molecule has 0 heterocycles. The summed E-state index contributed by atoms with van der Waals surface area (Å²) in [7, 11) is 0. The largest absolute Gasteiger partial charge is 0.464 e. The molecule has 0 saturated carbocycles. The summed E-state index contributed by atoms with van der Waals surface area (Å²) in [6.07, 6.45) is 0. The van der Waals surface area contributed by atoms with E-state index in [9.17, 15) is 19.2 Å². The Balaban J connectivity index is 6.16. The Kier molecular flexibility index (Phi) is 17.4. The van der Waals surface area contributed by atoms with Gasteiger partial charge in [-0.05, 0) is 13.8 Å². The van der Waals surface area contributed by atoms with E-state index < -0.39 is 79.8 Å². The van der Waals surface area contributed by atoms with E-state index in [0.29, 0.717) is 0 Å². The van der Waals surface area contributed by atoms with Gasteiger partial charge >= 0.3 is 23.9 Å². The van der Waals surface area contributed by atoms with Crippen molar-refractivity contribution in [2.75, 3.05) is 66.1 Å². The molecular weight excluding hydrogens is 536 g/mol. The molecule has 0 amide bonds. The molecule has 0 saturated heterocycles. The third-order valence-electron chi connectivity index (χ3n) is 5.09. The second-order valence-corrected chi connectivity index (χ2v) is 8.96. The molecule has 0 unspecified atom stereocenters. The zero-order valence-electron chi connectivity index (χ0n) is 21.8. The van der Waals surface area contributed by atoms with E-state index in [-0.39, 0.29) is 26.4 Å². The first kappa shape index (κ1) is 36.4. The fourth-order valence-electron chi connectivity index (χ4n) is 2.78. The number of carbonyl (C=O) groups excluding carboxylic acids is 4. The van der Waals surface area contributed by atoms with Gasteiger partial charge in [-0.2, -0.15) is 0 Å². The van der Waals surface area contributed by atoms with Gasteiger partial charge in [0.2, 0.25) is 0 Å². The van der Waals surface area contributed by atoms with Crippen molar-refractivity contribution in [2.45, 2.75) is 13.8 Å². The van der Waals surface area contributed by atoms with Crippen LogP contribution in [0.25, 0.3) is 0 Å². The molecule has 0 atom stereocenters. The van der Waals surface area contributed by atoms with Crippen molar-refractivity contribution in [2.24, 2.45) is 51.6 Å². The van der Waals surface area contributed by atoms with Gasteiger partial charge in [-0.15, -0.1) is 0 Å². The fraction of sp³-hybridized carbons (Fsp3) is 0.789. The van der Waals surface area contributed by atoms with Crippen LogP contribution < -0.4 is 35.4 Å². The molecule has 0 rings (SSSR count). The minimum Gasteiger partial charge on any atom is -0.464 e. The first-order valence-corrected chi connectivity index (χ1v) is 11.0. The molecule has 0 aromatic rings. The molecule has 0 radical (unpaired) electrons. The molecule has 12 N–H and O–H groups in total. The minimum absolute atomic E-state index is 0.368. The van der Waals surface area contributed by atoms with Crippen molar-refractivity contribution in [1.82, 2.24) is 0 Å². The summed E-state index contributed by atoms with van der Waals surface area (Å²) >= 11 is 0. The van der Waals surface area contributed by atoms with Crippen molar-refractivity contribution < 1.29 is 67.2 Å². The van der Waals surface area contributed by atoms with Gasteiger partial charge in [-0.3, -0.25) is 19.3 Å². The van der Waals surface area contributed by atoms with E-state index in [4.69, 9.17) is 54.3 Å². The highest BCUT2D eigenvalue weighted by Crippen LogP contribution is 2.27. The number of ether oxygens (including phenoxy) is 4. The van der Waals surface area contributed by atoms with Crippen molar-refractivity contribution in [3.05, 3.63) is 0 Å². The monoisotopic (exact) mass is 574 g/mol.